The average molecular weight is 430 g/mol. The van der Waals surface area contributed by atoms with E-state index in [2.05, 4.69) is 16.4 Å². The Morgan fingerprint density at radius 3 is 2.81 bits per heavy atom. The number of ether oxygens (including phenoxy) is 1. The van der Waals surface area contributed by atoms with Crippen molar-refractivity contribution in [1.29, 1.82) is 5.26 Å². The molecule has 154 valence electrons. The van der Waals surface area contributed by atoms with Gasteiger partial charge in [-0.1, -0.05) is 0 Å². The number of thiazole rings is 1. The summed E-state index contributed by atoms with van der Waals surface area (Å²) in [5.41, 5.74) is 3.83. The molecule has 0 spiro atoms. The van der Waals surface area contributed by atoms with Gasteiger partial charge >= 0.3 is 5.63 Å². The standard InChI is InChI=1S/C24H19N3O3S/c1-3-29-19-7-4-16(5-8-19)21-14-31-24(27-21)17(12-25)13-26-18-6-9-20-15(2)10-23(28)30-22(20)11-18/h4-11,13-14,26H,3H2,1-2H3. The van der Waals surface area contributed by atoms with Crippen molar-refractivity contribution >= 4 is 33.6 Å². The van der Waals surface area contributed by atoms with E-state index in [1.807, 2.05) is 55.6 Å². The highest BCUT2D eigenvalue weighted by Gasteiger charge is 2.10. The second-order valence-electron chi connectivity index (χ2n) is 6.77. The lowest BCUT2D eigenvalue weighted by Crippen LogP contribution is -1.98. The minimum atomic E-state index is -0.389. The zero-order chi connectivity index (χ0) is 21.8. The summed E-state index contributed by atoms with van der Waals surface area (Å²) in [5.74, 6) is 0.810. The lowest BCUT2D eigenvalue weighted by molar-refractivity contribution is 0.340. The molecule has 0 radical (unpaired) electrons. The largest absolute Gasteiger partial charge is 0.494 e. The zero-order valence-corrected chi connectivity index (χ0v) is 17.8. The van der Waals surface area contributed by atoms with Gasteiger partial charge in [0.1, 0.15) is 28.0 Å². The van der Waals surface area contributed by atoms with Crippen molar-refractivity contribution in [2.75, 3.05) is 11.9 Å². The summed E-state index contributed by atoms with van der Waals surface area (Å²) in [6.07, 6.45) is 1.61. The molecule has 6 nitrogen and oxygen atoms in total. The molecule has 0 aliphatic rings. The van der Waals surface area contributed by atoms with Crippen LogP contribution in [0.2, 0.25) is 0 Å². The number of hydrogen-bond acceptors (Lipinski definition) is 7. The molecular weight excluding hydrogens is 410 g/mol. The molecule has 2 aromatic heterocycles. The number of benzene rings is 2. The lowest BCUT2D eigenvalue weighted by Gasteiger charge is -2.05. The molecule has 0 unspecified atom stereocenters. The van der Waals surface area contributed by atoms with E-state index in [1.165, 1.54) is 17.4 Å². The molecule has 2 aromatic carbocycles. The number of nitrogens with one attached hydrogen (secondary N) is 1. The van der Waals surface area contributed by atoms with Crippen LogP contribution in [0.5, 0.6) is 5.75 Å². The Bertz CT molecular complexity index is 1360. The summed E-state index contributed by atoms with van der Waals surface area (Å²) in [4.78, 5) is 16.2. The third-order valence-corrected chi connectivity index (χ3v) is 5.53. The normalized spacial score (nSPS) is 11.3. The van der Waals surface area contributed by atoms with Crippen LogP contribution in [0, 0.1) is 18.3 Å². The van der Waals surface area contributed by atoms with E-state index in [1.54, 1.807) is 12.3 Å². The maximum absolute atomic E-state index is 11.6. The summed E-state index contributed by atoms with van der Waals surface area (Å²) in [6, 6.07) is 16.8. The Labute approximate surface area is 183 Å². The first kappa shape index (κ1) is 20.4. The molecule has 0 aliphatic carbocycles. The number of aromatic nitrogens is 1. The van der Waals surface area contributed by atoms with Gasteiger partial charge in [0.05, 0.1) is 12.3 Å². The van der Waals surface area contributed by atoms with Gasteiger partial charge in [-0.25, -0.2) is 9.78 Å². The topological polar surface area (TPSA) is 88.1 Å². The van der Waals surface area contributed by atoms with E-state index in [9.17, 15) is 10.1 Å². The first-order chi connectivity index (χ1) is 15.1. The van der Waals surface area contributed by atoms with Crippen molar-refractivity contribution in [3.8, 4) is 23.1 Å². The number of rotatable bonds is 6. The highest BCUT2D eigenvalue weighted by molar-refractivity contribution is 7.11. The van der Waals surface area contributed by atoms with Crippen molar-refractivity contribution in [1.82, 2.24) is 4.98 Å². The molecule has 4 aromatic rings. The maximum Gasteiger partial charge on any atom is 0.336 e. The highest BCUT2D eigenvalue weighted by atomic mass is 32.1. The summed E-state index contributed by atoms with van der Waals surface area (Å²) < 4.78 is 10.7. The van der Waals surface area contributed by atoms with Crippen LogP contribution < -0.4 is 15.7 Å². The Morgan fingerprint density at radius 2 is 2.06 bits per heavy atom. The van der Waals surface area contributed by atoms with Crippen LogP contribution in [0.3, 0.4) is 0 Å². The van der Waals surface area contributed by atoms with E-state index in [0.29, 0.717) is 28.5 Å². The first-order valence-electron chi connectivity index (χ1n) is 9.68. The van der Waals surface area contributed by atoms with Crippen LogP contribution in [0.15, 0.2) is 69.3 Å². The van der Waals surface area contributed by atoms with Gasteiger partial charge in [0, 0.05) is 40.3 Å². The molecule has 4 rings (SSSR count). The van der Waals surface area contributed by atoms with E-state index in [4.69, 9.17) is 9.15 Å². The second kappa shape index (κ2) is 8.86. The smallest absolute Gasteiger partial charge is 0.336 e. The SMILES string of the molecule is CCOc1ccc(-c2csc(C(C#N)=CNc3ccc4c(C)cc(=O)oc4c3)n2)cc1. The Balaban J connectivity index is 1.56. The van der Waals surface area contributed by atoms with Crippen molar-refractivity contribution in [3.63, 3.8) is 0 Å². The predicted molar refractivity (Wildman–Crippen MR) is 123 cm³/mol. The number of fused-ring (bicyclic) bond motifs is 1. The van der Waals surface area contributed by atoms with Gasteiger partial charge in [0.25, 0.3) is 0 Å². The van der Waals surface area contributed by atoms with Crippen molar-refractivity contribution in [2.24, 2.45) is 0 Å². The predicted octanol–water partition coefficient (Wildman–Crippen LogP) is 5.60. The van der Waals surface area contributed by atoms with Crippen molar-refractivity contribution in [3.05, 3.63) is 81.1 Å². The van der Waals surface area contributed by atoms with Gasteiger partial charge in [0.2, 0.25) is 0 Å². The molecule has 31 heavy (non-hydrogen) atoms. The lowest BCUT2D eigenvalue weighted by atomic mass is 10.1. The fourth-order valence-electron chi connectivity index (χ4n) is 3.13. The van der Waals surface area contributed by atoms with Gasteiger partial charge in [-0.3, -0.25) is 0 Å². The minimum absolute atomic E-state index is 0.389. The van der Waals surface area contributed by atoms with Crippen LogP contribution in [-0.2, 0) is 0 Å². The minimum Gasteiger partial charge on any atom is -0.494 e. The molecule has 0 amide bonds. The first-order valence-corrected chi connectivity index (χ1v) is 10.6. The molecular formula is C24H19N3O3S. The zero-order valence-electron chi connectivity index (χ0n) is 17.0. The maximum atomic E-state index is 11.6. The third-order valence-electron chi connectivity index (χ3n) is 4.65. The van der Waals surface area contributed by atoms with Crippen molar-refractivity contribution in [2.45, 2.75) is 13.8 Å². The van der Waals surface area contributed by atoms with Gasteiger partial charge in [0.15, 0.2) is 0 Å². The Kier molecular flexibility index (Phi) is 5.83. The Hall–Kier alpha value is -3.89. The average Bonchev–Trinajstić information content (AvgIpc) is 3.24. The third kappa shape index (κ3) is 4.49. The molecule has 0 bridgehead atoms. The summed E-state index contributed by atoms with van der Waals surface area (Å²) >= 11 is 1.40. The molecule has 0 atom stereocenters. The van der Waals surface area contributed by atoms with Gasteiger partial charge in [-0.2, -0.15) is 5.26 Å². The van der Waals surface area contributed by atoms with Crippen LogP contribution in [-0.4, -0.2) is 11.6 Å². The summed E-state index contributed by atoms with van der Waals surface area (Å²) in [7, 11) is 0. The van der Waals surface area contributed by atoms with Crippen LogP contribution in [0.25, 0.3) is 27.8 Å². The molecule has 0 fully saturated rings. The van der Waals surface area contributed by atoms with Gasteiger partial charge < -0.3 is 14.5 Å². The monoisotopic (exact) mass is 429 g/mol. The number of anilines is 1. The van der Waals surface area contributed by atoms with Gasteiger partial charge in [-0.15, -0.1) is 11.3 Å². The van der Waals surface area contributed by atoms with E-state index < -0.39 is 0 Å². The summed E-state index contributed by atoms with van der Waals surface area (Å²) in [5, 5.41) is 16.1. The Morgan fingerprint density at radius 1 is 1.26 bits per heavy atom. The molecule has 0 saturated heterocycles. The van der Waals surface area contributed by atoms with E-state index in [-0.39, 0.29) is 5.63 Å². The molecule has 1 N–H and O–H groups in total. The van der Waals surface area contributed by atoms with Crippen LogP contribution in [0.4, 0.5) is 5.69 Å². The number of aryl methyl sites for hydroxylation is 1. The van der Waals surface area contributed by atoms with Crippen LogP contribution in [0.1, 0.15) is 17.5 Å². The number of nitrogens with zero attached hydrogens (tertiary/aromatic N) is 2. The quantitative estimate of drug-likeness (QED) is 0.317. The molecule has 0 saturated carbocycles. The second-order valence-corrected chi connectivity index (χ2v) is 7.63. The van der Waals surface area contributed by atoms with Gasteiger partial charge in [-0.05, 0) is 55.8 Å². The highest BCUT2D eigenvalue weighted by Crippen LogP contribution is 2.28. The number of hydrogen-bond donors (Lipinski definition) is 1. The van der Waals surface area contributed by atoms with E-state index >= 15 is 0 Å². The van der Waals surface area contributed by atoms with Crippen molar-refractivity contribution < 1.29 is 9.15 Å². The molecule has 0 aliphatic heterocycles. The van der Waals surface area contributed by atoms with E-state index in [0.717, 1.165) is 28.0 Å². The molecule has 7 heteroatoms. The fraction of sp³-hybridized carbons (Fsp3) is 0.125. The molecule has 2 heterocycles. The van der Waals surface area contributed by atoms with Crippen LogP contribution >= 0.6 is 11.3 Å². The fourth-order valence-corrected chi connectivity index (χ4v) is 3.93. The summed E-state index contributed by atoms with van der Waals surface area (Å²) in [6.45, 7) is 4.43. The number of nitriles is 1. The number of allylic oxidation sites excluding steroid dienone is 1.